The van der Waals surface area contributed by atoms with Crippen LogP contribution in [0, 0.1) is 0 Å². The monoisotopic (exact) mass is 307 g/mol. The van der Waals surface area contributed by atoms with Crippen molar-refractivity contribution in [1.29, 1.82) is 0 Å². The molecular weight excluding hydrogens is 290 g/mol. The number of benzene rings is 1. The number of rotatable bonds is 2. The van der Waals surface area contributed by atoms with Crippen molar-refractivity contribution in [2.75, 3.05) is 6.54 Å². The van der Waals surface area contributed by atoms with Gasteiger partial charge in [0.15, 0.2) is 0 Å². The highest BCUT2D eigenvalue weighted by molar-refractivity contribution is 9.10. The zero-order valence-corrected chi connectivity index (χ0v) is 12.0. The number of aromatic nitrogens is 2. The lowest BCUT2D eigenvalue weighted by atomic mass is 9.69. The van der Waals surface area contributed by atoms with E-state index >= 15 is 0 Å². The minimum Gasteiger partial charge on any atom is -0.330 e. The molecule has 3 nitrogen and oxygen atoms in total. The fourth-order valence-corrected chi connectivity index (χ4v) is 3.65. The number of fused-ring (bicyclic) bond motifs is 1. The standard InChI is InChI=1S/C14H18BrN3/c15-13-10-5-4-6-11(12(10)17-18-13)14(9-16)7-2-1-3-8-14/h4-6H,1-3,7-9,16H2,(H,17,18). The molecule has 18 heavy (non-hydrogen) atoms. The first-order chi connectivity index (χ1) is 8.77. The second-order valence-electron chi connectivity index (χ2n) is 5.28. The average Bonchev–Trinajstić information content (AvgIpc) is 2.81. The summed E-state index contributed by atoms with van der Waals surface area (Å²) in [7, 11) is 0. The van der Waals surface area contributed by atoms with E-state index in [0.29, 0.717) is 0 Å². The van der Waals surface area contributed by atoms with Gasteiger partial charge in [0.25, 0.3) is 0 Å². The topological polar surface area (TPSA) is 54.7 Å². The highest BCUT2D eigenvalue weighted by atomic mass is 79.9. The van der Waals surface area contributed by atoms with E-state index in [0.717, 1.165) is 22.1 Å². The number of aromatic amines is 1. The molecule has 0 atom stereocenters. The lowest BCUT2D eigenvalue weighted by Crippen LogP contribution is -2.37. The van der Waals surface area contributed by atoms with Crippen LogP contribution in [0.1, 0.15) is 37.7 Å². The van der Waals surface area contributed by atoms with Crippen molar-refractivity contribution >= 4 is 26.8 Å². The maximum atomic E-state index is 6.12. The Hall–Kier alpha value is -0.870. The van der Waals surface area contributed by atoms with E-state index in [-0.39, 0.29) is 5.41 Å². The number of nitrogens with one attached hydrogen (secondary N) is 1. The Morgan fingerprint density at radius 3 is 2.78 bits per heavy atom. The van der Waals surface area contributed by atoms with Crippen LogP contribution in [0.25, 0.3) is 10.9 Å². The Morgan fingerprint density at radius 2 is 2.06 bits per heavy atom. The summed E-state index contributed by atoms with van der Waals surface area (Å²) in [6.45, 7) is 0.719. The van der Waals surface area contributed by atoms with E-state index in [9.17, 15) is 0 Å². The number of nitrogens with zero attached hydrogens (tertiary/aromatic N) is 1. The largest absolute Gasteiger partial charge is 0.330 e. The summed E-state index contributed by atoms with van der Waals surface area (Å²) < 4.78 is 0.960. The van der Waals surface area contributed by atoms with Crippen molar-refractivity contribution in [3.05, 3.63) is 28.4 Å². The van der Waals surface area contributed by atoms with Crippen LogP contribution in [0.4, 0.5) is 0 Å². The first-order valence-corrected chi connectivity index (χ1v) is 7.39. The van der Waals surface area contributed by atoms with Crippen molar-refractivity contribution in [3.8, 4) is 0 Å². The zero-order chi connectivity index (χ0) is 12.6. The van der Waals surface area contributed by atoms with Gasteiger partial charge < -0.3 is 5.73 Å². The number of para-hydroxylation sites is 1. The lowest BCUT2D eigenvalue weighted by molar-refractivity contribution is 0.302. The predicted molar refractivity (Wildman–Crippen MR) is 77.6 cm³/mol. The third-order valence-electron chi connectivity index (χ3n) is 4.31. The fraction of sp³-hybridized carbons (Fsp3) is 0.500. The first-order valence-electron chi connectivity index (χ1n) is 6.60. The van der Waals surface area contributed by atoms with Crippen molar-refractivity contribution in [2.45, 2.75) is 37.5 Å². The summed E-state index contributed by atoms with van der Waals surface area (Å²) in [6.07, 6.45) is 6.26. The smallest absolute Gasteiger partial charge is 0.108 e. The van der Waals surface area contributed by atoms with E-state index in [4.69, 9.17) is 5.73 Å². The van der Waals surface area contributed by atoms with Crippen LogP contribution in [0.5, 0.6) is 0 Å². The SMILES string of the molecule is NCC1(c2cccc3c(Br)[nH]nc23)CCCCC1. The van der Waals surface area contributed by atoms with Gasteiger partial charge in [0.2, 0.25) is 0 Å². The van der Waals surface area contributed by atoms with Crippen LogP contribution in [-0.2, 0) is 5.41 Å². The van der Waals surface area contributed by atoms with Crippen molar-refractivity contribution in [2.24, 2.45) is 5.73 Å². The van der Waals surface area contributed by atoms with Crippen LogP contribution in [-0.4, -0.2) is 16.7 Å². The van der Waals surface area contributed by atoms with E-state index in [2.05, 4.69) is 44.3 Å². The predicted octanol–water partition coefficient (Wildman–Crippen LogP) is 3.49. The summed E-state index contributed by atoms with van der Waals surface area (Å²) in [4.78, 5) is 0. The molecule has 1 saturated carbocycles. The molecule has 0 amide bonds. The van der Waals surface area contributed by atoms with Crippen LogP contribution in [0.2, 0.25) is 0 Å². The van der Waals surface area contributed by atoms with Gasteiger partial charge in [0, 0.05) is 17.3 Å². The number of H-pyrrole nitrogens is 1. The van der Waals surface area contributed by atoms with Crippen molar-refractivity contribution < 1.29 is 0 Å². The number of hydrogen-bond donors (Lipinski definition) is 2. The molecule has 3 N–H and O–H groups in total. The third-order valence-corrected chi connectivity index (χ3v) is 4.92. The maximum Gasteiger partial charge on any atom is 0.108 e. The second-order valence-corrected chi connectivity index (χ2v) is 6.08. The molecule has 1 fully saturated rings. The summed E-state index contributed by atoms with van der Waals surface area (Å²) in [6, 6.07) is 6.41. The molecule has 0 radical (unpaired) electrons. The van der Waals surface area contributed by atoms with Crippen LogP contribution >= 0.6 is 15.9 Å². The summed E-state index contributed by atoms with van der Waals surface area (Å²) in [5, 5.41) is 8.64. The van der Waals surface area contributed by atoms with Gasteiger partial charge in [-0.1, -0.05) is 37.5 Å². The quantitative estimate of drug-likeness (QED) is 0.892. The van der Waals surface area contributed by atoms with E-state index in [1.165, 1.54) is 37.7 Å². The van der Waals surface area contributed by atoms with Gasteiger partial charge in [0.1, 0.15) is 4.60 Å². The molecule has 2 aromatic rings. The number of hydrogen-bond acceptors (Lipinski definition) is 2. The molecule has 1 aromatic heterocycles. The highest BCUT2D eigenvalue weighted by Gasteiger charge is 2.34. The molecule has 0 unspecified atom stereocenters. The zero-order valence-electron chi connectivity index (χ0n) is 10.4. The molecular formula is C14H18BrN3. The van der Waals surface area contributed by atoms with Crippen LogP contribution in [0.3, 0.4) is 0 Å². The molecule has 1 aliphatic rings. The van der Waals surface area contributed by atoms with E-state index < -0.39 is 0 Å². The van der Waals surface area contributed by atoms with Gasteiger partial charge in [-0.15, -0.1) is 0 Å². The Labute approximate surface area is 115 Å². The van der Waals surface area contributed by atoms with Gasteiger partial charge in [-0.2, -0.15) is 5.10 Å². The maximum absolute atomic E-state index is 6.12. The van der Waals surface area contributed by atoms with Crippen LogP contribution < -0.4 is 5.73 Å². The van der Waals surface area contributed by atoms with Crippen molar-refractivity contribution in [3.63, 3.8) is 0 Å². The molecule has 1 aromatic carbocycles. The van der Waals surface area contributed by atoms with Crippen LogP contribution in [0.15, 0.2) is 22.8 Å². The third kappa shape index (κ3) is 1.79. The Morgan fingerprint density at radius 1 is 1.28 bits per heavy atom. The lowest BCUT2D eigenvalue weighted by Gasteiger charge is -2.36. The molecule has 0 saturated heterocycles. The summed E-state index contributed by atoms with van der Waals surface area (Å²) >= 11 is 3.52. The van der Waals surface area contributed by atoms with Gasteiger partial charge >= 0.3 is 0 Å². The molecule has 0 aliphatic heterocycles. The minimum atomic E-state index is 0.131. The Kier molecular flexibility index (Phi) is 3.16. The molecule has 4 heteroatoms. The van der Waals surface area contributed by atoms with Gasteiger partial charge in [0.05, 0.1) is 5.52 Å². The molecule has 0 bridgehead atoms. The summed E-state index contributed by atoms with van der Waals surface area (Å²) in [5.74, 6) is 0. The van der Waals surface area contributed by atoms with Gasteiger partial charge in [-0.3, -0.25) is 5.10 Å². The molecule has 96 valence electrons. The molecule has 3 rings (SSSR count). The van der Waals surface area contributed by atoms with Gasteiger partial charge in [-0.05, 0) is 34.3 Å². The van der Waals surface area contributed by atoms with E-state index in [1.54, 1.807) is 0 Å². The number of halogens is 1. The second kappa shape index (κ2) is 4.67. The van der Waals surface area contributed by atoms with E-state index in [1.807, 2.05) is 0 Å². The highest BCUT2D eigenvalue weighted by Crippen LogP contribution is 2.41. The molecule has 1 aliphatic carbocycles. The van der Waals surface area contributed by atoms with Crippen molar-refractivity contribution in [1.82, 2.24) is 10.2 Å². The normalized spacial score (nSPS) is 19.2. The Bertz CT molecular complexity index is 555. The Balaban J connectivity index is 2.17. The fourth-order valence-electron chi connectivity index (χ4n) is 3.25. The van der Waals surface area contributed by atoms with Gasteiger partial charge in [-0.25, -0.2) is 0 Å². The average molecular weight is 308 g/mol. The molecule has 0 spiro atoms. The number of nitrogens with two attached hydrogens (primary N) is 1. The molecule has 1 heterocycles. The first kappa shape index (κ1) is 12.2. The minimum absolute atomic E-state index is 0.131. The summed E-state index contributed by atoms with van der Waals surface area (Å²) in [5.41, 5.74) is 8.65.